The third-order valence-corrected chi connectivity index (χ3v) is 4.88. The summed E-state index contributed by atoms with van der Waals surface area (Å²) in [7, 11) is -3.42. The molecule has 0 bridgehead atoms. The first-order valence-corrected chi connectivity index (χ1v) is 8.83. The zero-order chi connectivity index (χ0) is 15.6. The van der Waals surface area contributed by atoms with Crippen molar-refractivity contribution >= 4 is 15.9 Å². The molecule has 4 nitrogen and oxygen atoms in total. The predicted octanol–water partition coefficient (Wildman–Crippen LogP) is 2.94. The van der Waals surface area contributed by atoms with E-state index in [2.05, 4.69) is 20.4 Å². The summed E-state index contributed by atoms with van der Waals surface area (Å²) in [5.74, 6) is 0.353. The van der Waals surface area contributed by atoms with Crippen LogP contribution in [-0.2, 0) is 19.1 Å². The summed E-state index contributed by atoms with van der Waals surface area (Å²) in [6, 6.07) is 0. The van der Waals surface area contributed by atoms with Gasteiger partial charge < -0.3 is 0 Å². The number of allylic oxidation sites excluding steroid dienone is 1. The predicted molar refractivity (Wildman–Crippen MR) is 79.8 cm³/mol. The van der Waals surface area contributed by atoms with Gasteiger partial charge in [-0.3, -0.25) is 8.98 Å². The largest absolute Gasteiger partial charge is 0.299 e. The summed E-state index contributed by atoms with van der Waals surface area (Å²) in [5.41, 5.74) is -0.405. The first kappa shape index (κ1) is 17.4. The average molecular weight is 302 g/mol. The lowest BCUT2D eigenvalue weighted by Gasteiger charge is -2.34. The van der Waals surface area contributed by atoms with Gasteiger partial charge in [0.05, 0.1) is 12.9 Å². The highest BCUT2D eigenvalue weighted by Crippen LogP contribution is 2.53. The van der Waals surface area contributed by atoms with Crippen LogP contribution in [0.4, 0.5) is 0 Å². The van der Waals surface area contributed by atoms with Gasteiger partial charge in [-0.15, -0.1) is 6.58 Å². The Morgan fingerprint density at radius 1 is 1.45 bits per heavy atom. The summed E-state index contributed by atoms with van der Waals surface area (Å²) in [5, 5.41) is 0. The van der Waals surface area contributed by atoms with Gasteiger partial charge in [0.2, 0.25) is 0 Å². The van der Waals surface area contributed by atoms with E-state index in [0.717, 1.165) is 12.7 Å². The van der Waals surface area contributed by atoms with Crippen LogP contribution < -0.4 is 0 Å². The molecule has 0 N–H and O–H groups in total. The van der Waals surface area contributed by atoms with Crippen molar-refractivity contribution in [3.8, 4) is 0 Å². The molecule has 116 valence electrons. The van der Waals surface area contributed by atoms with Crippen LogP contribution in [-0.4, -0.2) is 27.1 Å². The number of carbonyl (C=O) groups excluding carboxylic acids is 1. The summed E-state index contributed by atoms with van der Waals surface area (Å²) in [6.07, 6.45) is 5.45. The minimum atomic E-state index is -3.42. The van der Waals surface area contributed by atoms with E-state index in [4.69, 9.17) is 4.18 Å². The van der Waals surface area contributed by atoms with E-state index in [0.29, 0.717) is 19.3 Å². The normalized spacial score (nSPS) is 27.5. The Morgan fingerprint density at radius 3 is 2.45 bits per heavy atom. The third-order valence-electron chi connectivity index (χ3n) is 4.29. The highest BCUT2D eigenvalue weighted by Gasteiger charge is 2.51. The van der Waals surface area contributed by atoms with Crippen molar-refractivity contribution in [1.82, 2.24) is 0 Å². The van der Waals surface area contributed by atoms with Crippen LogP contribution >= 0.6 is 0 Å². The molecule has 1 fully saturated rings. The molecule has 0 aliphatic heterocycles. The molecule has 0 saturated heterocycles. The first-order valence-electron chi connectivity index (χ1n) is 7.01. The molecular formula is C15H26O4S. The van der Waals surface area contributed by atoms with Gasteiger partial charge in [-0.25, -0.2) is 0 Å². The van der Waals surface area contributed by atoms with Gasteiger partial charge in [0.25, 0.3) is 10.1 Å². The summed E-state index contributed by atoms with van der Waals surface area (Å²) in [4.78, 5) is 12.5. The number of hydrogen-bond donors (Lipinski definition) is 0. The lowest BCUT2D eigenvalue weighted by molar-refractivity contribution is -0.128. The van der Waals surface area contributed by atoms with E-state index in [-0.39, 0.29) is 23.7 Å². The zero-order valence-corrected chi connectivity index (χ0v) is 13.8. The SMILES string of the molecule is C=CC[C@]1([C@@H](C)CCOS(C)(=O)=O)CC(C)(C)CC1=O. The quantitative estimate of drug-likeness (QED) is 0.536. The molecular weight excluding hydrogens is 276 g/mol. The van der Waals surface area contributed by atoms with Crippen molar-refractivity contribution in [2.75, 3.05) is 12.9 Å². The molecule has 0 spiro atoms. The summed E-state index contributed by atoms with van der Waals surface area (Å²) >= 11 is 0. The summed E-state index contributed by atoms with van der Waals surface area (Å²) < 4.78 is 26.8. The number of hydrogen-bond acceptors (Lipinski definition) is 4. The Kier molecular flexibility index (Phi) is 5.19. The van der Waals surface area contributed by atoms with Crippen molar-refractivity contribution in [3.63, 3.8) is 0 Å². The minimum Gasteiger partial charge on any atom is -0.299 e. The van der Waals surface area contributed by atoms with Crippen LogP contribution in [0.2, 0.25) is 0 Å². The van der Waals surface area contributed by atoms with Gasteiger partial charge >= 0.3 is 0 Å². The minimum absolute atomic E-state index is 0.00600. The smallest absolute Gasteiger partial charge is 0.264 e. The van der Waals surface area contributed by atoms with Crippen LogP contribution in [0.5, 0.6) is 0 Å². The second-order valence-electron chi connectivity index (χ2n) is 6.81. The molecule has 0 unspecified atom stereocenters. The van der Waals surface area contributed by atoms with Crippen molar-refractivity contribution in [3.05, 3.63) is 12.7 Å². The van der Waals surface area contributed by atoms with Gasteiger partial charge in [-0.05, 0) is 30.6 Å². The Labute approximate surface area is 122 Å². The number of Topliss-reactive ketones (excluding diaryl/α,β-unsaturated/α-hetero) is 1. The van der Waals surface area contributed by atoms with Gasteiger partial charge in [-0.2, -0.15) is 8.42 Å². The zero-order valence-electron chi connectivity index (χ0n) is 12.9. The third kappa shape index (κ3) is 4.16. The topological polar surface area (TPSA) is 60.4 Å². The molecule has 1 aliphatic carbocycles. The first-order chi connectivity index (χ1) is 9.02. The van der Waals surface area contributed by atoms with Crippen molar-refractivity contribution in [1.29, 1.82) is 0 Å². The molecule has 20 heavy (non-hydrogen) atoms. The highest BCUT2D eigenvalue weighted by atomic mass is 32.2. The molecule has 5 heteroatoms. The maximum absolute atomic E-state index is 12.5. The average Bonchev–Trinajstić information content (AvgIpc) is 2.48. The van der Waals surface area contributed by atoms with Crippen molar-refractivity contribution in [2.45, 2.75) is 46.5 Å². The second-order valence-corrected chi connectivity index (χ2v) is 8.45. The molecule has 0 radical (unpaired) electrons. The van der Waals surface area contributed by atoms with E-state index >= 15 is 0 Å². The molecule has 0 aromatic rings. The van der Waals surface area contributed by atoms with Crippen LogP contribution in [0.15, 0.2) is 12.7 Å². The Bertz CT molecular complexity index is 478. The molecule has 0 heterocycles. The highest BCUT2D eigenvalue weighted by molar-refractivity contribution is 7.85. The lowest BCUT2D eigenvalue weighted by atomic mass is 9.69. The Hall–Kier alpha value is -0.680. The molecule has 0 aromatic heterocycles. The maximum atomic E-state index is 12.5. The Morgan fingerprint density at radius 2 is 2.05 bits per heavy atom. The Balaban J connectivity index is 2.81. The van der Waals surface area contributed by atoms with Gasteiger partial charge in [-0.1, -0.05) is 26.8 Å². The fourth-order valence-corrected chi connectivity index (χ4v) is 3.77. The fourth-order valence-electron chi connectivity index (χ4n) is 3.37. The van der Waals surface area contributed by atoms with Gasteiger partial charge in [0.15, 0.2) is 0 Å². The van der Waals surface area contributed by atoms with E-state index in [1.54, 1.807) is 6.08 Å². The van der Waals surface area contributed by atoms with Crippen LogP contribution in [0.3, 0.4) is 0 Å². The fraction of sp³-hybridized carbons (Fsp3) is 0.800. The summed E-state index contributed by atoms with van der Waals surface area (Å²) in [6.45, 7) is 10.1. The van der Waals surface area contributed by atoms with Gasteiger partial charge in [0.1, 0.15) is 5.78 Å². The lowest BCUT2D eigenvalue weighted by Crippen LogP contribution is -2.34. The second kappa shape index (κ2) is 5.98. The van der Waals surface area contributed by atoms with E-state index < -0.39 is 15.5 Å². The standard InChI is InChI=1S/C15H26O4S/c1-6-8-15(11-14(3,4)10-13(15)16)12(2)7-9-19-20(5,17)18/h6,12H,1,7-11H2,2-5H3/t12-,15+/m0/s1. The maximum Gasteiger partial charge on any atom is 0.264 e. The van der Waals surface area contributed by atoms with E-state index in [1.165, 1.54) is 0 Å². The number of carbonyl (C=O) groups is 1. The van der Waals surface area contributed by atoms with Crippen molar-refractivity contribution < 1.29 is 17.4 Å². The molecule has 0 aromatic carbocycles. The van der Waals surface area contributed by atoms with Crippen LogP contribution in [0.1, 0.15) is 46.5 Å². The van der Waals surface area contributed by atoms with E-state index in [1.807, 2.05) is 6.92 Å². The molecule has 2 atom stereocenters. The van der Waals surface area contributed by atoms with Gasteiger partial charge in [0, 0.05) is 11.8 Å². The number of ketones is 1. The molecule has 0 amide bonds. The molecule has 1 saturated carbocycles. The van der Waals surface area contributed by atoms with Crippen molar-refractivity contribution in [2.24, 2.45) is 16.7 Å². The monoisotopic (exact) mass is 302 g/mol. The van der Waals surface area contributed by atoms with E-state index in [9.17, 15) is 13.2 Å². The number of rotatable bonds is 7. The van der Waals surface area contributed by atoms with Crippen LogP contribution in [0.25, 0.3) is 0 Å². The molecule has 1 rings (SSSR count). The molecule has 1 aliphatic rings. The van der Waals surface area contributed by atoms with Crippen LogP contribution in [0, 0.1) is 16.7 Å².